The molecule has 2 amide bonds. The average molecular weight is 445 g/mol. The standard InChI is InChI=1S/C16H17ClN4O7S/c1-8-6-11(14(27-2)28-3)19-15(18-8)20-16(24)21-29(25,26)12-5-4-9(17)7-10(12)13(22)23/h4-7,14H,1-3H3,(H,22,23)(H2,18,19,20,21,24). The molecule has 1 aromatic heterocycles. The number of aryl methyl sites for hydroxylation is 1. The molecule has 0 saturated carbocycles. The Kier molecular flexibility index (Phi) is 7.08. The molecule has 0 radical (unpaired) electrons. The van der Waals surface area contributed by atoms with Crippen LogP contribution >= 0.6 is 11.6 Å². The third-order valence-corrected chi connectivity index (χ3v) is 5.08. The molecule has 11 nitrogen and oxygen atoms in total. The summed E-state index contributed by atoms with van der Waals surface area (Å²) in [5, 5.41) is 11.4. The van der Waals surface area contributed by atoms with Gasteiger partial charge in [-0.3, -0.25) is 5.32 Å². The van der Waals surface area contributed by atoms with Gasteiger partial charge in [0, 0.05) is 24.9 Å². The highest BCUT2D eigenvalue weighted by molar-refractivity contribution is 7.90. The van der Waals surface area contributed by atoms with E-state index in [0.29, 0.717) is 11.4 Å². The minimum atomic E-state index is -4.52. The summed E-state index contributed by atoms with van der Waals surface area (Å²) in [7, 11) is -1.74. The number of hydrogen-bond donors (Lipinski definition) is 3. The van der Waals surface area contributed by atoms with Gasteiger partial charge in [0.2, 0.25) is 12.2 Å². The Balaban J connectivity index is 2.26. The number of halogens is 1. The number of carboxylic acid groups (broad SMARTS) is 1. The molecule has 2 aromatic rings. The number of methoxy groups -OCH3 is 2. The van der Waals surface area contributed by atoms with Crippen molar-refractivity contribution in [3.63, 3.8) is 0 Å². The smallest absolute Gasteiger partial charge is 0.337 e. The van der Waals surface area contributed by atoms with E-state index in [1.54, 1.807) is 17.7 Å². The first-order valence-corrected chi connectivity index (χ1v) is 9.71. The summed E-state index contributed by atoms with van der Waals surface area (Å²) < 4.78 is 36.8. The molecule has 0 bridgehead atoms. The molecule has 0 spiro atoms. The van der Waals surface area contributed by atoms with E-state index in [4.69, 9.17) is 21.1 Å². The summed E-state index contributed by atoms with van der Waals surface area (Å²) in [5.74, 6) is -1.73. The van der Waals surface area contributed by atoms with E-state index in [1.807, 2.05) is 0 Å². The number of amides is 2. The SMILES string of the molecule is COC(OC)c1cc(C)nc(NC(=O)NS(=O)(=O)c2ccc(Cl)cc2C(=O)O)n1. The molecule has 0 aliphatic carbocycles. The minimum Gasteiger partial charge on any atom is -0.478 e. The van der Waals surface area contributed by atoms with Crippen LogP contribution in [0.15, 0.2) is 29.2 Å². The Hall–Kier alpha value is -2.80. The number of aromatic carboxylic acids is 1. The van der Waals surface area contributed by atoms with Crippen molar-refractivity contribution >= 4 is 39.6 Å². The van der Waals surface area contributed by atoms with E-state index in [2.05, 4.69) is 15.3 Å². The molecule has 3 N–H and O–H groups in total. The maximum absolute atomic E-state index is 12.4. The number of hydrogen-bond acceptors (Lipinski definition) is 8. The lowest BCUT2D eigenvalue weighted by Crippen LogP contribution is -2.35. The van der Waals surface area contributed by atoms with Crippen LogP contribution in [0.1, 0.15) is 28.0 Å². The van der Waals surface area contributed by atoms with Gasteiger partial charge in [0.1, 0.15) is 10.6 Å². The second-order valence-electron chi connectivity index (χ2n) is 5.57. The van der Waals surface area contributed by atoms with Gasteiger partial charge >= 0.3 is 12.0 Å². The maximum Gasteiger partial charge on any atom is 0.337 e. The fourth-order valence-corrected chi connectivity index (χ4v) is 3.58. The lowest BCUT2D eigenvalue weighted by molar-refractivity contribution is -0.108. The van der Waals surface area contributed by atoms with Crippen molar-refractivity contribution in [2.75, 3.05) is 19.5 Å². The first kappa shape index (κ1) is 22.5. The lowest BCUT2D eigenvalue weighted by Gasteiger charge is -2.14. The van der Waals surface area contributed by atoms with Crippen molar-refractivity contribution in [2.45, 2.75) is 18.1 Å². The number of benzene rings is 1. The zero-order valence-electron chi connectivity index (χ0n) is 15.5. The third kappa shape index (κ3) is 5.60. The van der Waals surface area contributed by atoms with Crippen LogP contribution in [0.5, 0.6) is 0 Å². The number of urea groups is 1. The second kappa shape index (κ2) is 9.13. The van der Waals surface area contributed by atoms with Gasteiger partial charge in [-0.25, -0.2) is 32.7 Å². The van der Waals surface area contributed by atoms with Crippen LogP contribution in [-0.2, 0) is 19.5 Å². The van der Waals surface area contributed by atoms with Crippen molar-refractivity contribution in [3.05, 3.63) is 46.2 Å². The normalized spacial score (nSPS) is 11.3. The van der Waals surface area contributed by atoms with Crippen LogP contribution < -0.4 is 10.0 Å². The van der Waals surface area contributed by atoms with E-state index < -0.39 is 38.8 Å². The van der Waals surface area contributed by atoms with Crippen molar-refractivity contribution < 1.29 is 32.6 Å². The predicted octanol–water partition coefficient (Wildman–Crippen LogP) is 1.94. The largest absolute Gasteiger partial charge is 0.478 e. The Morgan fingerprint density at radius 2 is 1.83 bits per heavy atom. The molecule has 0 aliphatic heterocycles. The molecular weight excluding hydrogens is 428 g/mol. The molecule has 2 rings (SSSR count). The van der Waals surface area contributed by atoms with Gasteiger partial charge < -0.3 is 14.6 Å². The van der Waals surface area contributed by atoms with Gasteiger partial charge in [0.15, 0.2) is 0 Å². The Morgan fingerprint density at radius 3 is 2.41 bits per heavy atom. The van der Waals surface area contributed by atoms with Crippen LogP contribution in [0, 0.1) is 6.92 Å². The van der Waals surface area contributed by atoms with Crippen molar-refractivity contribution in [2.24, 2.45) is 0 Å². The average Bonchev–Trinajstić information content (AvgIpc) is 2.61. The highest BCUT2D eigenvalue weighted by atomic mass is 35.5. The van der Waals surface area contributed by atoms with Crippen LogP contribution in [-0.4, -0.2) is 49.7 Å². The van der Waals surface area contributed by atoms with Crippen molar-refractivity contribution in [3.8, 4) is 0 Å². The summed E-state index contributed by atoms with van der Waals surface area (Å²) in [6.45, 7) is 1.63. The summed E-state index contributed by atoms with van der Waals surface area (Å²) in [6, 6.07) is 3.49. The van der Waals surface area contributed by atoms with Crippen LogP contribution in [0.4, 0.5) is 10.7 Å². The number of nitrogens with one attached hydrogen (secondary N) is 2. The summed E-state index contributed by atoms with van der Waals surface area (Å²) in [4.78, 5) is 30.9. The molecule has 0 saturated heterocycles. The molecule has 29 heavy (non-hydrogen) atoms. The molecule has 1 heterocycles. The molecule has 0 aliphatic rings. The molecule has 1 aromatic carbocycles. The predicted molar refractivity (Wildman–Crippen MR) is 101 cm³/mol. The van der Waals surface area contributed by atoms with E-state index in [9.17, 15) is 23.1 Å². The number of carbonyl (C=O) groups is 2. The number of rotatable bonds is 7. The summed E-state index contributed by atoms with van der Waals surface area (Å²) in [5.41, 5.74) is 0.166. The van der Waals surface area contributed by atoms with Crippen molar-refractivity contribution in [1.29, 1.82) is 0 Å². The number of aromatic nitrogens is 2. The van der Waals surface area contributed by atoms with E-state index in [-0.39, 0.29) is 11.0 Å². The fourth-order valence-electron chi connectivity index (χ4n) is 2.32. The maximum atomic E-state index is 12.4. The Labute approximate surface area is 171 Å². The Bertz CT molecular complexity index is 1040. The first-order chi connectivity index (χ1) is 13.6. The van der Waals surface area contributed by atoms with E-state index in [0.717, 1.165) is 12.1 Å². The van der Waals surface area contributed by atoms with Gasteiger partial charge in [-0.2, -0.15) is 0 Å². The van der Waals surface area contributed by atoms with Gasteiger partial charge in [0.25, 0.3) is 10.0 Å². The zero-order valence-corrected chi connectivity index (χ0v) is 17.0. The number of anilines is 1. The zero-order chi connectivity index (χ0) is 21.8. The number of carboxylic acids is 1. The summed E-state index contributed by atoms with van der Waals surface area (Å²) in [6.07, 6.45) is -0.823. The third-order valence-electron chi connectivity index (χ3n) is 3.46. The minimum absolute atomic E-state index is 0.0253. The quantitative estimate of drug-likeness (QED) is 0.542. The number of ether oxygens (including phenoxy) is 2. The Morgan fingerprint density at radius 1 is 1.17 bits per heavy atom. The van der Waals surface area contributed by atoms with E-state index in [1.165, 1.54) is 20.3 Å². The highest BCUT2D eigenvalue weighted by Crippen LogP contribution is 2.21. The van der Waals surface area contributed by atoms with Gasteiger partial charge in [0.05, 0.1) is 5.56 Å². The molecule has 13 heteroatoms. The number of nitrogens with zero attached hydrogens (tertiary/aromatic N) is 2. The van der Waals surface area contributed by atoms with Crippen LogP contribution in [0.3, 0.4) is 0 Å². The van der Waals surface area contributed by atoms with Crippen LogP contribution in [0.25, 0.3) is 0 Å². The monoisotopic (exact) mass is 444 g/mol. The van der Waals surface area contributed by atoms with Crippen molar-refractivity contribution in [1.82, 2.24) is 14.7 Å². The second-order valence-corrected chi connectivity index (χ2v) is 7.65. The van der Waals surface area contributed by atoms with E-state index >= 15 is 0 Å². The fraction of sp³-hybridized carbons (Fsp3) is 0.250. The molecule has 0 unspecified atom stereocenters. The number of sulfonamides is 1. The molecule has 156 valence electrons. The molecular formula is C16H17ClN4O7S. The van der Waals surface area contributed by atoms with Gasteiger partial charge in [-0.1, -0.05) is 11.6 Å². The summed E-state index contributed by atoms with van der Waals surface area (Å²) >= 11 is 5.71. The van der Waals surface area contributed by atoms with Gasteiger partial charge in [-0.05, 0) is 31.2 Å². The topological polar surface area (TPSA) is 157 Å². The van der Waals surface area contributed by atoms with Crippen LogP contribution in [0.2, 0.25) is 5.02 Å². The lowest BCUT2D eigenvalue weighted by atomic mass is 10.2. The first-order valence-electron chi connectivity index (χ1n) is 7.85. The molecule has 0 fully saturated rings. The highest BCUT2D eigenvalue weighted by Gasteiger charge is 2.25. The number of carbonyl (C=O) groups excluding carboxylic acids is 1. The van der Waals surface area contributed by atoms with Gasteiger partial charge in [-0.15, -0.1) is 0 Å². The molecule has 0 atom stereocenters.